The Hall–Kier alpha value is -3.27. The lowest BCUT2D eigenvalue weighted by molar-refractivity contribution is -0.137. The van der Waals surface area contributed by atoms with Gasteiger partial charge in [-0.15, -0.1) is 0 Å². The average Bonchev–Trinajstić information content (AvgIpc) is 3.10. The molecule has 6 nitrogen and oxygen atoms in total. The molecule has 1 aliphatic heterocycles. The van der Waals surface area contributed by atoms with Gasteiger partial charge in [0.05, 0.1) is 33.7 Å². The van der Waals surface area contributed by atoms with E-state index in [4.69, 9.17) is 5.73 Å². The molecule has 0 saturated carbocycles. The molecule has 154 valence electrons. The number of aliphatic imine (C=N–C) groups is 1. The number of aromatic nitrogens is 2. The van der Waals surface area contributed by atoms with E-state index < -0.39 is 21.6 Å². The Morgan fingerprint density at radius 3 is 2.40 bits per heavy atom. The van der Waals surface area contributed by atoms with Crippen LogP contribution in [0.4, 0.5) is 24.7 Å². The summed E-state index contributed by atoms with van der Waals surface area (Å²) in [5, 5.41) is 0. The third-order valence-corrected chi connectivity index (χ3v) is 5.80. The summed E-state index contributed by atoms with van der Waals surface area (Å²) in [4.78, 5) is 13.2. The third-order valence-electron chi connectivity index (χ3n) is 4.67. The third kappa shape index (κ3) is 3.78. The number of benzene rings is 2. The molecule has 0 saturated heterocycles. The highest BCUT2D eigenvalue weighted by Crippen LogP contribution is 2.36. The van der Waals surface area contributed by atoms with Crippen LogP contribution in [0.15, 0.2) is 58.5 Å². The fourth-order valence-electron chi connectivity index (χ4n) is 3.14. The molecular weight excluding hydrogens is 417 g/mol. The molecule has 0 unspecified atom stereocenters. The molecule has 0 atom stereocenters. The zero-order valence-electron chi connectivity index (χ0n) is 15.6. The zero-order chi connectivity index (χ0) is 21.7. The van der Waals surface area contributed by atoms with Gasteiger partial charge >= 0.3 is 6.18 Å². The first-order valence-corrected chi connectivity index (χ1v) is 10.6. The van der Waals surface area contributed by atoms with Crippen molar-refractivity contribution < 1.29 is 21.6 Å². The monoisotopic (exact) mass is 432 g/mol. The van der Waals surface area contributed by atoms with Crippen LogP contribution in [0.5, 0.6) is 0 Å². The average molecular weight is 432 g/mol. The number of hydrogen-bond donors (Lipinski definition) is 1. The molecular formula is C20H15F3N4O2S. The molecule has 0 spiro atoms. The van der Waals surface area contributed by atoms with Crippen LogP contribution >= 0.6 is 0 Å². The maximum absolute atomic E-state index is 13.0. The van der Waals surface area contributed by atoms with Gasteiger partial charge in [-0.1, -0.05) is 12.1 Å². The first-order valence-electron chi connectivity index (χ1n) is 8.73. The molecule has 4 rings (SSSR count). The van der Waals surface area contributed by atoms with Crippen molar-refractivity contribution in [2.75, 3.05) is 12.0 Å². The summed E-state index contributed by atoms with van der Waals surface area (Å²) < 4.78 is 62.1. The lowest BCUT2D eigenvalue weighted by atomic mass is 10.0. The Morgan fingerprint density at radius 2 is 1.77 bits per heavy atom. The highest BCUT2D eigenvalue weighted by Gasteiger charge is 2.32. The minimum Gasteiger partial charge on any atom is -0.382 e. The Balaban J connectivity index is 1.68. The Morgan fingerprint density at radius 1 is 1.07 bits per heavy atom. The van der Waals surface area contributed by atoms with Crippen LogP contribution in [0.25, 0.3) is 11.3 Å². The van der Waals surface area contributed by atoms with Crippen molar-refractivity contribution in [1.82, 2.24) is 9.97 Å². The van der Waals surface area contributed by atoms with Crippen molar-refractivity contribution >= 4 is 27.1 Å². The van der Waals surface area contributed by atoms with E-state index in [-0.39, 0.29) is 22.8 Å². The van der Waals surface area contributed by atoms with Gasteiger partial charge in [-0.3, -0.25) is 4.99 Å². The van der Waals surface area contributed by atoms with Crippen LogP contribution in [-0.4, -0.2) is 30.4 Å². The predicted molar refractivity (Wildman–Crippen MR) is 106 cm³/mol. The number of nitrogen functional groups attached to an aromatic ring is 1. The molecule has 2 N–H and O–H groups in total. The number of nitrogens with two attached hydrogens (primary N) is 1. The molecule has 0 aliphatic carbocycles. The van der Waals surface area contributed by atoms with E-state index in [2.05, 4.69) is 15.0 Å². The number of sulfone groups is 1. The maximum Gasteiger partial charge on any atom is 0.416 e. The van der Waals surface area contributed by atoms with Crippen LogP contribution < -0.4 is 5.73 Å². The highest BCUT2D eigenvalue weighted by atomic mass is 32.2. The summed E-state index contributed by atoms with van der Waals surface area (Å²) in [6, 6.07) is 9.50. The van der Waals surface area contributed by atoms with Crippen LogP contribution in [-0.2, 0) is 22.4 Å². The van der Waals surface area contributed by atoms with Crippen LogP contribution in [0.1, 0.15) is 16.8 Å². The van der Waals surface area contributed by atoms with Gasteiger partial charge in [-0.2, -0.15) is 13.2 Å². The number of anilines is 1. The molecule has 3 aromatic rings. The molecule has 1 aliphatic rings. The second-order valence-electron chi connectivity index (χ2n) is 6.86. The summed E-state index contributed by atoms with van der Waals surface area (Å²) >= 11 is 0. The van der Waals surface area contributed by atoms with Crippen molar-refractivity contribution in [3.05, 3.63) is 65.5 Å². The maximum atomic E-state index is 13.0. The number of nitrogens with zero attached hydrogens (tertiary/aromatic N) is 3. The van der Waals surface area contributed by atoms with Crippen LogP contribution in [0.3, 0.4) is 0 Å². The fraction of sp³-hybridized carbons (Fsp3) is 0.150. The van der Waals surface area contributed by atoms with E-state index in [1.165, 1.54) is 24.4 Å². The topological polar surface area (TPSA) is 98.3 Å². The normalized spacial score (nSPS) is 13.8. The quantitative estimate of drug-likeness (QED) is 0.678. The molecule has 30 heavy (non-hydrogen) atoms. The highest BCUT2D eigenvalue weighted by molar-refractivity contribution is 7.90. The number of alkyl halides is 3. The zero-order valence-corrected chi connectivity index (χ0v) is 16.4. The van der Waals surface area contributed by atoms with Crippen LogP contribution in [0.2, 0.25) is 0 Å². The predicted octanol–water partition coefficient (Wildman–Crippen LogP) is 3.83. The van der Waals surface area contributed by atoms with Crippen molar-refractivity contribution in [3.63, 3.8) is 0 Å². The summed E-state index contributed by atoms with van der Waals surface area (Å²) in [5.41, 5.74) is 7.83. The SMILES string of the molecule is CS(=O)(=O)c1ccc(-c2cnc(N)c(C3=Nc4ccc(C(F)(F)F)cc4C3)n2)cc1. The fourth-order valence-corrected chi connectivity index (χ4v) is 3.77. The van der Waals surface area contributed by atoms with E-state index in [1.54, 1.807) is 12.1 Å². The minimum atomic E-state index is -4.44. The summed E-state index contributed by atoms with van der Waals surface area (Å²) in [6.45, 7) is 0. The number of rotatable bonds is 3. The Bertz CT molecular complexity index is 1280. The van der Waals surface area contributed by atoms with E-state index in [0.29, 0.717) is 28.2 Å². The van der Waals surface area contributed by atoms with Gasteiger partial charge in [0.1, 0.15) is 5.69 Å². The molecule has 1 aromatic heterocycles. The lowest BCUT2D eigenvalue weighted by Gasteiger charge is -2.08. The van der Waals surface area contributed by atoms with E-state index >= 15 is 0 Å². The van der Waals surface area contributed by atoms with Crippen LogP contribution in [0, 0.1) is 0 Å². The van der Waals surface area contributed by atoms with Gasteiger partial charge < -0.3 is 5.73 Å². The number of hydrogen-bond acceptors (Lipinski definition) is 6. The smallest absolute Gasteiger partial charge is 0.382 e. The van der Waals surface area contributed by atoms with Crippen molar-refractivity contribution in [3.8, 4) is 11.3 Å². The van der Waals surface area contributed by atoms with Gasteiger partial charge in [0, 0.05) is 18.2 Å². The summed E-state index contributed by atoms with van der Waals surface area (Å²) in [6.07, 6.45) is -1.73. The minimum absolute atomic E-state index is 0.106. The Kier molecular flexibility index (Phi) is 4.61. The second-order valence-corrected chi connectivity index (χ2v) is 8.88. The van der Waals surface area contributed by atoms with Crippen molar-refractivity contribution in [2.45, 2.75) is 17.5 Å². The summed E-state index contributed by atoms with van der Waals surface area (Å²) in [5.74, 6) is 0.106. The molecule has 2 heterocycles. The van der Waals surface area contributed by atoms with Gasteiger partial charge in [-0.25, -0.2) is 18.4 Å². The first-order chi connectivity index (χ1) is 14.0. The lowest BCUT2D eigenvalue weighted by Crippen LogP contribution is -2.10. The first kappa shape index (κ1) is 20.0. The van der Waals surface area contributed by atoms with Crippen molar-refractivity contribution in [2.24, 2.45) is 4.99 Å². The van der Waals surface area contributed by atoms with Gasteiger partial charge in [0.15, 0.2) is 15.7 Å². The Labute approximate surface area is 170 Å². The molecule has 0 radical (unpaired) electrons. The molecule has 0 amide bonds. The van der Waals surface area contributed by atoms with Gasteiger partial charge in [0.25, 0.3) is 0 Å². The van der Waals surface area contributed by atoms with Crippen molar-refractivity contribution in [1.29, 1.82) is 0 Å². The second kappa shape index (κ2) is 6.91. The van der Waals surface area contributed by atoms with Gasteiger partial charge in [-0.05, 0) is 35.9 Å². The molecule has 0 fully saturated rings. The molecule has 10 heteroatoms. The standard InChI is InChI=1S/C20H15F3N4O2S/c1-30(28,29)14-5-2-11(3-6-14)17-10-25-19(24)18(27-17)16-9-12-8-13(20(21,22)23)4-7-15(12)26-16/h2-8,10H,9H2,1H3,(H2,24,25). The molecule has 2 aromatic carbocycles. The van der Waals surface area contributed by atoms with E-state index in [0.717, 1.165) is 18.4 Å². The number of fused-ring (bicyclic) bond motifs is 1. The largest absolute Gasteiger partial charge is 0.416 e. The summed E-state index contributed by atoms with van der Waals surface area (Å²) in [7, 11) is -3.33. The van der Waals surface area contributed by atoms with Gasteiger partial charge in [0.2, 0.25) is 0 Å². The number of halogens is 3. The molecule has 0 bridgehead atoms. The van der Waals surface area contributed by atoms with E-state index in [1.807, 2.05) is 0 Å². The van der Waals surface area contributed by atoms with E-state index in [9.17, 15) is 21.6 Å².